The number of fused-ring (bicyclic) bond motifs is 1. The molecule has 1 heterocycles. The monoisotopic (exact) mass is 431 g/mol. The first-order valence-electron chi connectivity index (χ1n) is 9.89. The van der Waals surface area contributed by atoms with Gasteiger partial charge in [-0.1, -0.05) is 19.1 Å². The van der Waals surface area contributed by atoms with Gasteiger partial charge in [0.05, 0.1) is 22.4 Å². The molecule has 0 unspecified atom stereocenters. The number of hydrogen-bond donors (Lipinski definition) is 2. The molecule has 3 aromatic rings. The summed E-state index contributed by atoms with van der Waals surface area (Å²) in [4.78, 5) is 11.8. The third-order valence-electron chi connectivity index (χ3n) is 4.92. The number of nitrogens with zero attached hydrogens (tertiary/aromatic N) is 2. The minimum Gasteiger partial charge on any atom is -0.494 e. The second-order valence-electron chi connectivity index (χ2n) is 7.59. The predicted octanol–water partition coefficient (Wildman–Crippen LogP) is 5.61. The lowest BCUT2D eigenvalue weighted by Gasteiger charge is -2.11. The molecule has 2 aromatic carbocycles. The molecule has 8 heteroatoms. The van der Waals surface area contributed by atoms with Crippen molar-refractivity contribution >= 4 is 22.5 Å². The lowest BCUT2D eigenvalue weighted by Crippen LogP contribution is -2.18. The van der Waals surface area contributed by atoms with Crippen LogP contribution in [0.15, 0.2) is 41.5 Å². The molecule has 5 nitrogen and oxygen atoms in total. The third-order valence-corrected chi connectivity index (χ3v) is 4.92. The van der Waals surface area contributed by atoms with E-state index < -0.39 is 11.7 Å². The highest BCUT2D eigenvalue weighted by atomic mass is 19.4. The zero-order chi connectivity index (χ0) is 22.9. The molecule has 3 rings (SSSR count). The zero-order valence-corrected chi connectivity index (χ0v) is 17.8. The number of alkyl halides is 3. The summed E-state index contributed by atoms with van der Waals surface area (Å²) < 4.78 is 41.5. The van der Waals surface area contributed by atoms with E-state index >= 15 is 0 Å². The van der Waals surface area contributed by atoms with Crippen LogP contribution in [0.1, 0.15) is 48.9 Å². The van der Waals surface area contributed by atoms with Gasteiger partial charge in [0.25, 0.3) is 0 Å². The maximum absolute atomic E-state index is 13.4. The number of aryl methyl sites for hydroxylation is 2. The smallest absolute Gasteiger partial charge is 0.416 e. The molecule has 0 saturated carbocycles. The minimum absolute atomic E-state index is 0.196. The van der Waals surface area contributed by atoms with Crippen molar-refractivity contribution in [1.29, 1.82) is 0 Å². The van der Waals surface area contributed by atoms with Gasteiger partial charge in [0.2, 0.25) is 11.8 Å². The number of hydrazone groups is 1. The fourth-order valence-electron chi connectivity index (χ4n) is 3.63. The first-order valence-corrected chi connectivity index (χ1v) is 9.89. The van der Waals surface area contributed by atoms with Gasteiger partial charge < -0.3 is 5.11 Å². The highest BCUT2D eigenvalue weighted by Gasteiger charge is 2.32. The maximum Gasteiger partial charge on any atom is 0.416 e. The van der Waals surface area contributed by atoms with E-state index in [0.29, 0.717) is 23.9 Å². The molecule has 0 fully saturated rings. The van der Waals surface area contributed by atoms with Crippen molar-refractivity contribution in [1.82, 2.24) is 9.99 Å². The number of nitrogens with one attached hydrogen (secondary N) is 1. The number of halogens is 3. The van der Waals surface area contributed by atoms with Gasteiger partial charge in [-0.3, -0.25) is 9.36 Å². The van der Waals surface area contributed by atoms with Crippen LogP contribution in [0, 0.1) is 13.8 Å². The summed E-state index contributed by atoms with van der Waals surface area (Å²) in [6.07, 6.45) is -3.58. The van der Waals surface area contributed by atoms with Gasteiger partial charge >= 0.3 is 6.18 Å². The summed E-state index contributed by atoms with van der Waals surface area (Å²) in [5.74, 6) is -0.524. The van der Waals surface area contributed by atoms with E-state index in [-0.39, 0.29) is 28.6 Å². The van der Waals surface area contributed by atoms with E-state index in [1.807, 2.05) is 26.8 Å². The Balaban J connectivity index is 2.28. The molecule has 164 valence electrons. The van der Waals surface area contributed by atoms with E-state index in [4.69, 9.17) is 0 Å². The number of carbonyl (C=O) groups excluding carboxylic acids is 1. The average Bonchev–Trinajstić information content (AvgIpc) is 2.96. The van der Waals surface area contributed by atoms with Gasteiger partial charge in [0.1, 0.15) is 0 Å². The third kappa shape index (κ3) is 4.57. The first kappa shape index (κ1) is 22.4. The quantitative estimate of drug-likeness (QED) is 0.407. The molecular weight excluding hydrogens is 407 g/mol. The van der Waals surface area contributed by atoms with Crippen LogP contribution in [0.4, 0.5) is 13.2 Å². The summed E-state index contributed by atoms with van der Waals surface area (Å²) in [5.41, 5.74) is 4.70. The van der Waals surface area contributed by atoms with Crippen LogP contribution >= 0.6 is 0 Å². The molecular formula is C23H24F3N3O2. The Morgan fingerprint density at radius 1 is 1.13 bits per heavy atom. The number of aromatic hydroxyl groups is 1. The normalized spacial score (nSPS) is 12.4. The zero-order valence-electron chi connectivity index (χ0n) is 17.8. The molecule has 0 aliphatic carbocycles. The van der Waals surface area contributed by atoms with E-state index in [1.165, 1.54) is 10.6 Å². The molecule has 0 spiro atoms. The van der Waals surface area contributed by atoms with Gasteiger partial charge in [-0.15, -0.1) is 0 Å². The number of amides is 1. The maximum atomic E-state index is 13.4. The van der Waals surface area contributed by atoms with E-state index in [9.17, 15) is 23.1 Å². The van der Waals surface area contributed by atoms with Crippen molar-refractivity contribution < 1.29 is 23.1 Å². The van der Waals surface area contributed by atoms with Crippen LogP contribution in [-0.4, -0.2) is 21.3 Å². The van der Waals surface area contributed by atoms with Crippen LogP contribution in [0.3, 0.4) is 0 Å². The summed E-state index contributed by atoms with van der Waals surface area (Å²) >= 11 is 0. The second kappa shape index (κ2) is 8.45. The van der Waals surface area contributed by atoms with Crippen molar-refractivity contribution in [2.24, 2.45) is 5.10 Å². The van der Waals surface area contributed by atoms with Gasteiger partial charge in [0, 0.05) is 17.5 Å². The molecule has 0 radical (unpaired) electrons. The minimum atomic E-state index is -4.53. The van der Waals surface area contributed by atoms with Crippen LogP contribution in [-0.2, 0) is 11.0 Å². The standard InChI is InChI=1S/C23H24F3N3O2/c1-5-6-20(30)28-27-15(4)21-18-8-7-16(23(24,25)26)12-19(18)29(22(21)31)17-10-13(2)9-14(3)11-17/h7-12,31H,5-6H2,1-4H3,(H,28,30). The van der Waals surface area contributed by atoms with Crippen LogP contribution < -0.4 is 5.43 Å². The van der Waals surface area contributed by atoms with Gasteiger partial charge in [-0.05, 0) is 62.6 Å². The fraction of sp³-hybridized carbons (Fsp3) is 0.304. The highest BCUT2D eigenvalue weighted by molar-refractivity contribution is 6.13. The van der Waals surface area contributed by atoms with Crippen molar-refractivity contribution in [3.8, 4) is 11.6 Å². The Bertz CT molecular complexity index is 1160. The van der Waals surface area contributed by atoms with Gasteiger partial charge in [-0.25, -0.2) is 5.43 Å². The Morgan fingerprint density at radius 2 is 1.77 bits per heavy atom. The van der Waals surface area contributed by atoms with E-state index in [2.05, 4.69) is 10.5 Å². The van der Waals surface area contributed by atoms with Crippen molar-refractivity contribution in [3.63, 3.8) is 0 Å². The molecule has 0 saturated heterocycles. The molecule has 0 aliphatic rings. The lowest BCUT2D eigenvalue weighted by atomic mass is 10.1. The number of benzene rings is 2. The molecule has 0 bridgehead atoms. The molecule has 0 atom stereocenters. The van der Waals surface area contributed by atoms with Crippen LogP contribution in [0.2, 0.25) is 0 Å². The first-order chi connectivity index (χ1) is 14.5. The fourth-order valence-corrected chi connectivity index (χ4v) is 3.63. The van der Waals surface area contributed by atoms with Gasteiger partial charge in [-0.2, -0.15) is 18.3 Å². The van der Waals surface area contributed by atoms with Crippen LogP contribution in [0.25, 0.3) is 16.6 Å². The Morgan fingerprint density at radius 3 is 2.35 bits per heavy atom. The number of rotatable bonds is 5. The summed E-state index contributed by atoms with van der Waals surface area (Å²) in [6, 6.07) is 8.81. The predicted molar refractivity (Wildman–Crippen MR) is 115 cm³/mol. The Kier molecular flexibility index (Phi) is 6.10. The Labute approximate surface area is 178 Å². The van der Waals surface area contributed by atoms with E-state index in [1.54, 1.807) is 19.1 Å². The van der Waals surface area contributed by atoms with Gasteiger partial charge in [0.15, 0.2) is 0 Å². The number of carbonyl (C=O) groups is 1. The number of hydrogen-bond acceptors (Lipinski definition) is 3. The second-order valence-corrected chi connectivity index (χ2v) is 7.59. The van der Waals surface area contributed by atoms with E-state index in [0.717, 1.165) is 23.3 Å². The summed E-state index contributed by atoms with van der Waals surface area (Å²) in [7, 11) is 0. The SMILES string of the molecule is CCCC(=O)NN=C(C)c1c(O)n(-c2cc(C)cc(C)c2)c2cc(C(F)(F)F)ccc12. The molecule has 0 aliphatic heterocycles. The summed E-state index contributed by atoms with van der Waals surface area (Å²) in [6.45, 7) is 7.19. The highest BCUT2D eigenvalue weighted by Crippen LogP contribution is 2.39. The molecule has 2 N–H and O–H groups in total. The lowest BCUT2D eigenvalue weighted by molar-refractivity contribution is -0.137. The average molecular weight is 431 g/mol. The number of aromatic nitrogens is 1. The molecule has 31 heavy (non-hydrogen) atoms. The molecule has 1 aromatic heterocycles. The topological polar surface area (TPSA) is 66.6 Å². The van der Waals surface area contributed by atoms with Crippen LogP contribution in [0.5, 0.6) is 5.88 Å². The van der Waals surface area contributed by atoms with Crippen molar-refractivity contribution in [3.05, 3.63) is 58.7 Å². The molecule has 1 amide bonds. The van der Waals surface area contributed by atoms with Crippen molar-refractivity contribution in [2.75, 3.05) is 0 Å². The Hall–Kier alpha value is -3.29. The summed E-state index contributed by atoms with van der Waals surface area (Å²) in [5, 5.41) is 15.5. The largest absolute Gasteiger partial charge is 0.494 e. The van der Waals surface area contributed by atoms with Crippen molar-refractivity contribution in [2.45, 2.75) is 46.7 Å².